The fourth-order valence-electron chi connectivity index (χ4n) is 2.88. The number of nitrogens with one attached hydrogen (secondary N) is 1. The lowest BCUT2D eigenvalue weighted by atomic mass is 10.0. The Kier molecular flexibility index (Phi) is 3.22. The van der Waals surface area contributed by atoms with Gasteiger partial charge in [-0.1, -0.05) is 23.2 Å². The number of hydrogen-bond acceptors (Lipinski definition) is 2. The molecule has 1 aromatic rings. The van der Waals surface area contributed by atoms with E-state index in [2.05, 4.69) is 5.32 Å². The maximum Gasteiger partial charge on any atom is 0.253 e. The third-order valence-corrected chi connectivity index (χ3v) is 4.22. The molecule has 2 aliphatic rings. The molecule has 2 atom stereocenters. The van der Waals surface area contributed by atoms with Crippen LogP contribution in [0.5, 0.6) is 0 Å². The molecule has 5 heteroatoms. The largest absolute Gasteiger partial charge is 0.338 e. The molecule has 0 bridgehead atoms. The monoisotopic (exact) mass is 284 g/mol. The van der Waals surface area contributed by atoms with Crippen LogP contribution in [0, 0.1) is 11.8 Å². The second kappa shape index (κ2) is 4.72. The number of rotatable bonds is 1. The molecule has 2 heterocycles. The first-order valence-corrected chi connectivity index (χ1v) is 6.85. The van der Waals surface area contributed by atoms with Crippen molar-refractivity contribution in [2.45, 2.75) is 0 Å². The highest BCUT2D eigenvalue weighted by Crippen LogP contribution is 2.28. The molecule has 0 aliphatic carbocycles. The van der Waals surface area contributed by atoms with Gasteiger partial charge in [0.15, 0.2) is 0 Å². The Bertz CT molecular complexity index is 460. The number of carbonyl (C=O) groups is 1. The quantitative estimate of drug-likeness (QED) is 0.858. The standard InChI is InChI=1S/C13H14Cl2N2O/c14-11-1-8(2-12(15)3-11)13(18)17-6-9-4-16-5-10(9)7-17/h1-3,9-10,16H,4-7H2. The molecule has 1 aromatic carbocycles. The van der Waals surface area contributed by atoms with E-state index in [1.165, 1.54) is 0 Å². The van der Waals surface area contributed by atoms with Crippen LogP contribution in [-0.2, 0) is 0 Å². The van der Waals surface area contributed by atoms with Gasteiger partial charge < -0.3 is 10.2 Å². The summed E-state index contributed by atoms with van der Waals surface area (Å²) in [6.45, 7) is 3.71. The molecule has 3 rings (SSSR count). The van der Waals surface area contributed by atoms with Gasteiger partial charge in [-0.25, -0.2) is 0 Å². The van der Waals surface area contributed by atoms with E-state index in [0.717, 1.165) is 26.2 Å². The Morgan fingerprint density at radius 1 is 1.11 bits per heavy atom. The minimum atomic E-state index is 0.0359. The molecule has 0 radical (unpaired) electrons. The minimum absolute atomic E-state index is 0.0359. The second-order valence-corrected chi connectivity index (χ2v) is 5.92. The number of benzene rings is 1. The third kappa shape index (κ3) is 2.22. The number of fused-ring (bicyclic) bond motifs is 1. The highest BCUT2D eigenvalue weighted by atomic mass is 35.5. The van der Waals surface area contributed by atoms with Crippen LogP contribution >= 0.6 is 23.2 Å². The van der Waals surface area contributed by atoms with Crippen molar-refractivity contribution >= 4 is 29.1 Å². The number of likely N-dealkylation sites (tertiary alicyclic amines) is 1. The summed E-state index contributed by atoms with van der Waals surface area (Å²) in [5, 5.41) is 4.37. The molecule has 2 aliphatic heterocycles. The summed E-state index contributed by atoms with van der Waals surface area (Å²) in [5.41, 5.74) is 0.584. The first-order chi connectivity index (χ1) is 8.63. The van der Waals surface area contributed by atoms with Crippen molar-refractivity contribution in [3.63, 3.8) is 0 Å². The van der Waals surface area contributed by atoms with Crippen molar-refractivity contribution in [3.05, 3.63) is 33.8 Å². The zero-order chi connectivity index (χ0) is 12.7. The lowest BCUT2D eigenvalue weighted by Gasteiger charge is -2.17. The molecule has 2 saturated heterocycles. The Labute approximate surface area is 116 Å². The van der Waals surface area contributed by atoms with E-state index < -0.39 is 0 Å². The van der Waals surface area contributed by atoms with Crippen LogP contribution in [0.3, 0.4) is 0 Å². The molecular formula is C13H14Cl2N2O. The van der Waals surface area contributed by atoms with Gasteiger partial charge in [-0.3, -0.25) is 4.79 Å². The van der Waals surface area contributed by atoms with Gasteiger partial charge in [0.2, 0.25) is 0 Å². The molecule has 18 heavy (non-hydrogen) atoms. The van der Waals surface area contributed by atoms with Crippen molar-refractivity contribution in [1.29, 1.82) is 0 Å². The molecule has 0 spiro atoms. The zero-order valence-corrected chi connectivity index (χ0v) is 11.3. The van der Waals surface area contributed by atoms with Crippen molar-refractivity contribution < 1.29 is 4.79 Å². The lowest BCUT2D eigenvalue weighted by molar-refractivity contribution is 0.0781. The first kappa shape index (κ1) is 12.3. The molecule has 3 nitrogen and oxygen atoms in total. The van der Waals surface area contributed by atoms with Crippen LogP contribution in [0.1, 0.15) is 10.4 Å². The van der Waals surface area contributed by atoms with E-state index >= 15 is 0 Å². The Morgan fingerprint density at radius 2 is 1.67 bits per heavy atom. The third-order valence-electron chi connectivity index (χ3n) is 3.79. The number of carbonyl (C=O) groups excluding carboxylic acids is 1. The molecule has 2 fully saturated rings. The molecule has 0 saturated carbocycles. The number of amides is 1. The highest BCUT2D eigenvalue weighted by Gasteiger charge is 2.38. The second-order valence-electron chi connectivity index (χ2n) is 5.05. The average Bonchev–Trinajstić information content (AvgIpc) is 2.86. The minimum Gasteiger partial charge on any atom is -0.338 e. The fraction of sp³-hybridized carbons (Fsp3) is 0.462. The summed E-state index contributed by atoms with van der Waals surface area (Å²) in [6, 6.07) is 5.01. The number of nitrogens with zero attached hydrogens (tertiary/aromatic N) is 1. The average molecular weight is 285 g/mol. The van der Waals surface area contributed by atoms with E-state index in [9.17, 15) is 4.79 Å². The van der Waals surface area contributed by atoms with Crippen LogP contribution in [-0.4, -0.2) is 37.0 Å². The Balaban J connectivity index is 1.78. The predicted molar refractivity (Wildman–Crippen MR) is 72.2 cm³/mol. The number of hydrogen-bond donors (Lipinski definition) is 1. The summed E-state index contributed by atoms with van der Waals surface area (Å²) in [7, 11) is 0. The van der Waals surface area contributed by atoms with Crippen LogP contribution < -0.4 is 5.32 Å². The van der Waals surface area contributed by atoms with E-state index in [0.29, 0.717) is 27.4 Å². The van der Waals surface area contributed by atoms with Gasteiger partial charge in [0.05, 0.1) is 0 Å². The van der Waals surface area contributed by atoms with Gasteiger partial charge in [0, 0.05) is 41.8 Å². The van der Waals surface area contributed by atoms with Gasteiger partial charge in [0.1, 0.15) is 0 Å². The summed E-state index contributed by atoms with van der Waals surface area (Å²) in [6.07, 6.45) is 0. The van der Waals surface area contributed by atoms with Gasteiger partial charge in [-0.15, -0.1) is 0 Å². The summed E-state index contributed by atoms with van der Waals surface area (Å²) < 4.78 is 0. The predicted octanol–water partition coefficient (Wildman–Crippen LogP) is 2.28. The van der Waals surface area contributed by atoms with Crippen molar-refractivity contribution in [3.8, 4) is 0 Å². The van der Waals surface area contributed by atoms with Crippen LogP contribution in [0.4, 0.5) is 0 Å². The van der Waals surface area contributed by atoms with Crippen LogP contribution in [0.15, 0.2) is 18.2 Å². The molecule has 2 unspecified atom stereocenters. The van der Waals surface area contributed by atoms with Gasteiger partial charge >= 0.3 is 0 Å². The van der Waals surface area contributed by atoms with Crippen LogP contribution in [0.25, 0.3) is 0 Å². The Morgan fingerprint density at radius 3 is 2.22 bits per heavy atom. The summed E-state index contributed by atoms with van der Waals surface area (Å²) in [5.74, 6) is 1.24. The first-order valence-electron chi connectivity index (χ1n) is 6.09. The maximum absolute atomic E-state index is 12.4. The summed E-state index contributed by atoms with van der Waals surface area (Å²) >= 11 is 11.9. The Hall–Kier alpha value is -0.770. The van der Waals surface area contributed by atoms with E-state index in [-0.39, 0.29) is 5.91 Å². The highest BCUT2D eigenvalue weighted by molar-refractivity contribution is 6.35. The topological polar surface area (TPSA) is 32.3 Å². The normalized spacial score (nSPS) is 26.4. The summed E-state index contributed by atoms with van der Waals surface area (Å²) in [4.78, 5) is 14.3. The van der Waals surface area contributed by atoms with Crippen LogP contribution in [0.2, 0.25) is 10.0 Å². The molecule has 1 N–H and O–H groups in total. The van der Waals surface area contributed by atoms with Gasteiger partial charge in [-0.2, -0.15) is 0 Å². The fourth-order valence-corrected chi connectivity index (χ4v) is 3.41. The zero-order valence-electron chi connectivity index (χ0n) is 9.83. The molecule has 96 valence electrons. The van der Waals surface area contributed by atoms with E-state index in [1.807, 2.05) is 4.90 Å². The maximum atomic E-state index is 12.4. The molecule has 1 amide bonds. The van der Waals surface area contributed by atoms with Crippen molar-refractivity contribution in [2.75, 3.05) is 26.2 Å². The smallest absolute Gasteiger partial charge is 0.253 e. The molecular weight excluding hydrogens is 271 g/mol. The van der Waals surface area contributed by atoms with Crippen molar-refractivity contribution in [1.82, 2.24) is 10.2 Å². The lowest BCUT2D eigenvalue weighted by Crippen LogP contribution is -2.31. The molecule has 0 aromatic heterocycles. The van der Waals surface area contributed by atoms with E-state index in [1.54, 1.807) is 18.2 Å². The van der Waals surface area contributed by atoms with Gasteiger partial charge in [0.25, 0.3) is 5.91 Å². The van der Waals surface area contributed by atoms with Gasteiger partial charge in [-0.05, 0) is 30.0 Å². The van der Waals surface area contributed by atoms with E-state index in [4.69, 9.17) is 23.2 Å². The van der Waals surface area contributed by atoms with Crippen molar-refractivity contribution in [2.24, 2.45) is 11.8 Å². The SMILES string of the molecule is O=C(c1cc(Cl)cc(Cl)c1)N1CC2CNCC2C1. The number of halogens is 2.